The first-order chi connectivity index (χ1) is 9.34. The molecule has 0 aromatic carbocycles. The number of ether oxygens (including phenoxy) is 1. The van der Waals surface area contributed by atoms with Crippen LogP contribution in [0.3, 0.4) is 0 Å². The van der Waals surface area contributed by atoms with Crippen molar-refractivity contribution in [2.45, 2.75) is 26.5 Å². The zero-order chi connectivity index (χ0) is 15.2. The van der Waals surface area contributed by atoms with Gasteiger partial charge in [-0.1, -0.05) is 0 Å². The number of nitrogens with two attached hydrogens (primary N) is 1. The molecule has 1 unspecified atom stereocenters. The molecule has 0 radical (unpaired) electrons. The Hall–Kier alpha value is -1.45. The van der Waals surface area contributed by atoms with E-state index in [9.17, 15) is 8.42 Å². The number of sulfone groups is 1. The van der Waals surface area contributed by atoms with Crippen LogP contribution in [0.1, 0.15) is 19.7 Å². The van der Waals surface area contributed by atoms with Gasteiger partial charge in [-0.2, -0.15) is 0 Å². The van der Waals surface area contributed by atoms with Gasteiger partial charge in [0.2, 0.25) is 0 Å². The van der Waals surface area contributed by atoms with Gasteiger partial charge in [-0.25, -0.2) is 24.2 Å². The van der Waals surface area contributed by atoms with Gasteiger partial charge in [0.15, 0.2) is 5.82 Å². The van der Waals surface area contributed by atoms with Gasteiger partial charge >= 0.3 is 0 Å². The number of nitrogen functional groups attached to an aromatic ring is 1. The van der Waals surface area contributed by atoms with Crippen LogP contribution in [0.2, 0.25) is 0 Å². The van der Waals surface area contributed by atoms with Crippen molar-refractivity contribution in [3.8, 4) is 0 Å². The normalized spacial score (nSPS) is 13.0. The SMILES string of the molecule is CCOCc1nc(NN)cc(NC(C)CS(C)(=O)=O)n1. The quantitative estimate of drug-likeness (QED) is 0.458. The van der Waals surface area contributed by atoms with Crippen molar-refractivity contribution >= 4 is 21.5 Å². The van der Waals surface area contributed by atoms with E-state index in [1.807, 2.05) is 6.92 Å². The molecule has 1 atom stereocenters. The van der Waals surface area contributed by atoms with Gasteiger partial charge in [-0.05, 0) is 13.8 Å². The van der Waals surface area contributed by atoms with Crippen molar-refractivity contribution in [2.24, 2.45) is 5.84 Å². The smallest absolute Gasteiger partial charge is 0.158 e. The second-order valence-corrected chi connectivity index (χ2v) is 6.66. The maximum absolute atomic E-state index is 11.2. The van der Waals surface area contributed by atoms with Gasteiger partial charge in [0.05, 0.1) is 5.75 Å². The number of nitrogens with one attached hydrogen (secondary N) is 2. The van der Waals surface area contributed by atoms with E-state index in [1.54, 1.807) is 13.0 Å². The average molecular weight is 303 g/mol. The topological polar surface area (TPSA) is 119 Å². The molecule has 1 rings (SSSR count). The number of hydrogen-bond acceptors (Lipinski definition) is 8. The molecule has 1 aromatic rings. The second-order valence-electron chi connectivity index (χ2n) is 4.47. The highest BCUT2D eigenvalue weighted by atomic mass is 32.2. The summed E-state index contributed by atoms with van der Waals surface area (Å²) in [6, 6.07) is 1.33. The third kappa shape index (κ3) is 6.13. The van der Waals surface area contributed by atoms with Crippen LogP contribution in [0.15, 0.2) is 6.07 Å². The Morgan fingerprint density at radius 2 is 2.05 bits per heavy atom. The molecule has 0 aliphatic carbocycles. The van der Waals surface area contributed by atoms with Crippen LogP contribution >= 0.6 is 0 Å². The molecule has 20 heavy (non-hydrogen) atoms. The Bertz CT molecular complexity index is 535. The minimum atomic E-state index is -3.05. The van der Waals surface area contributed by atoms with E-state index < -0.39 is 9.84 Å². The second kappa shape index (κ2) is 7.36. The highest BCUT2D eigenvalue weighted by molar-refractivity contribution is 7.90. The number of aromatic nitrogens is 2. The van der Waals surface area contributed by atoms with E-state index in [1.165, 1.54) is 6.26 Å². The first kappa shape index (κ1) is 16.6. The van der Waals surface area contributed by atoms with Gasteiger partial charge in [0.1, 0.15) is 28.1 Å². The van der Waals surface area contributed by atoms with Crippen molar-refractivity contribution in [1.82, 2.24) is 9.97 Å². The standard InChI is InChI=1S/C11H21N5O3S/c1-4-19-6-11-14-9(5-10(15-11)16-12)13-8(2)7-20(3,17)18/h5,8H,4,6-7,12H2,1-3H3,(H2,13,14,15,16). The predicted molar refractivity (Wildman–Crippen MR) is 78.0 cm³/mol. The first-order valence-electron chi connectivity index (χ1n) is 6.20. The Labute approximate surface area is 119 Å². The van der Waals surface area contributed by atoms with Gasteiger partial charge in [0.25, 0.3) is 0 Å². The maximum atomic E-state index is 11.2. The van der Waals surface area contributed by atoms with Gasteiger partial charge in [-0.15, -0.1) is 0 Å². The molecule has 4 N–H and O–H groups in total. The highest BCUT2D eigenvalue weighted by Crippen LogP contribution is 2.12. The van der Waals surface area contributed by atoms with Crippen LogP contribution in [0, 0.1) is 0 Å². The number of rotatable bonds is 8. The predicted octanol–water partition coefficient (Wildman–Crippen LogP) is 0.144. The third-order valence-electron chi connectivity index (χ3n) is 2.30. The summed E-state index contributed by atoms with van der Waals surface area (Å²) in [7, 11) is -3.05. The van der Waals surface area contributed by atoms with Crippen molar-refractivity contribution in [1.29, 1.82) is 0 Å². The van der Waals surface area contributed by atoms with Crippen molar-refractivity contribution < 1.29 is 13.2 Å². The first-order valence-corrected chi connectivity index (χ1v) is 8.26. The number of anilines is 2. The van der Waals surface area contributed by atoms with Gasteiger partial charge < -0.3 is 15.5 Å². The fourth-order valence-electron chi connectivity index (χ4n) is 1.65. The number of hydrazine groups is 1. The molecule has 8 nitrogen and oxygen atoms in total. The van der Waals surface area contributed by atoms with Crippen LogP contribution in [0.25, 0.3) is 0 Å². The molecular formula is C11H21N5O3S. The van der Waals surface area contributed by atoms with E-state index in [0.29, 0.717) is 24.1 Å². The van der Waals surface area contributed by atoms with Crippen LogP contribution < -0.4 is 16.6 Å². The molecule has 0 spiro atoms. The van der Waals surface area contributed by atoms with Gasteiger partial charge in [-0.3, -0.25) is 0 Å². The molecule has 0 saturated heterocycles. The Balaban J connectivity index is 2.82. The third-order valence-corrected chi connectivity index (χ3v) is 3.41. The van der Waals surface area contributed by atoms with E-state index >= 15 is 0 Å². The maximum Gasteiger partial charge on any atom is 0.158 e. The van der Waals surface area contributed by atoms with Crippen LogP contribution in [-0.2, 0) is 21.2 Å². The van der Waals surface area contributed by atoms with Crippen LogP contribution in [0.4, 0.5) is 11.6 Å². The van der Waals surface area contributed by atoms with E-state index in [4.69, 9.17) is 10.6 Å². The summed E-state index contributed by atoms with van der Waals surface area (Å²) in [5, 5.41) is 3.01. The minimum Gasteiger partial charge on any atom is -0.374 e. The fourth-order valence-corrected chi connectivity index (χ4v) is 2.64. The molecule has 9 heteroatoms. The molecule has 0 fully saturated rings. The largest absolute Gasteiger partial charge is 0.374 e. The average Bonchev–Trinajstić information content (AvgIpc) is 2.33. The lowest BCUT2D eigenvalue weighted by atomic mass is 10.4. The van der Waals surface area contributed by atoms with E-state index in [0.717, 1.165) is 0 Å². The summed E-state index contributed by atoms with van der Waals surface area (Å²) in [6.45, 7) is 4.46. The molecular weight excluding hydrogens is 282 g/mol. The zero-order valence-corrected chi connectivity index (χ0v) is 12.7. The lowest BCUT2D eigenvalue weighted by molar-refractivity contribution is 0.128. The zero-order valence-electron chi connectivity index (χ0n) is 11.9. The summed E-state index contributed by atoms with van der Waals surface area (Å²) in [4.78, 5) is 8.39. The summed E-state index contributed by atoms with van der Waals surface area (Å²) in [6.07, 6.45) is 1.19. The van der Waals surface area contributed by atoms with Crippen molar-refractivity contribution in [2.75, 3.05) is 29.4 Å². The van der Waals surface area contributed by atoms with E-state index in [-0.39, 0.29) is 18.4 Å². The molecule has 0 bridgehead atoms. The van der Waals surface area contributed by atoms with Crippen molar-refractivity contribution in [3.05, 3.63) is 11.9 Å². The lowest BCUT2D eigenvalue weighted by Gasteiger charge is -2.15. The minimum absolute atomic E-state index is 0.0170. The molecule has 0 amide bonds. The van der Waals surface area contributed by atoms with E-state index in [2.05, 4.69) is 20.7 Å². The number of nitrogens with zero attached hydrogens (tertiary/aromatic N) is 2. The fraction of sp³-hybridized carbons (Fsp3) is 0.636. The molecule has 0 aliphatic rings. The van der Waals surface area contributed by atoms with Crippen molar-refractivity contribution in [3.63, 3.8) is 0 Å². The van der Waals surface area contributed by atoms with Crippen LogP contribution in [-0.4, -0.2) is 43.0 Å². The highest BCUT2D eigenvalue weighted by Gasteiger charge is 2.12. The molecule has 114 valence electrons. The van der Waals surface area contributed by atoms with Crippen LogP contribution in [0.5, 0.6) is 0 Å². The van der Waals surface area contributed by atoms with Gasteiger partial charge in [0, 0.05) is 25.0 Å². The molecule has 0 aliphatic heterocycles. The summed E-state index contributed by atoms with van der Waals surface area (Å²) in [5.41, 5.74) is 2.44. The Morgan fingerprint density at radius 3 is 2.60 bits per heavy atom. The summed E-state index contributed by atoms with van der Waals surface area (Å²) in [5.74, 6) is 6.76. The number of hydrogen-bond donors (Lipinski definition) is 3. The molecule has 1 heterocycles. The summed E-state index contributed by atoms with van der Waals surface area (Å²) < 4.78 is 27.7. The monoisotopic (exact) mass is 303 g/mol. The molecule has 1 aromatic heterocycles. The lowest BCUT2D eigenvalue weighted by Crippen LogP contribution is -2.26. The Kier molecular flexibility index (Phi) is 6.11. The summed E-state index contributed by atoms with van der Waals surface area (Å²) >= 11 is 0. The molecule has 0 saturated carbocycles. The Morgan fingerprint density at radius 1 is 1.40 bits per heavy atom.